The molecule has 0 aliphatic heterocycles. The third-order valence-electron chi connectivity index (χ3n) is 2.71. The average molecular weight is 276 g/mol. The van der Waals surface area contributed by atoms with Gasteiger partial charge in [0.05, 0.1) is 11.9 Å². The fourth-order valence-electron chi connectivity index (χ4n) is 1.61. The number of rotatable bonds is 7. The number of carbonyl (C=O) groups excluding carboxylic acids is 1. The van der Waals surface area contributed by atoms with Crippen molar-refractivity contribution in [3.8, 4) is 0 Å². The Hall–Kier alpha value is -2.37. The molecular weight excluding hydrogens is 256 g/mol. The van der Waals surface area contributed by atoms with Crippen LogP contribution >= 0.6 is 0 Å². The van der Waals surface area contributed by atoms with Crippen molar-refractivity contribution in [3.05, 3.63) is 47.9 Å². The van der Waals surface area contributed by atoms with Crippen LogP contribution in [0.2, 0.25) is 0 Å². The fraction of sp³-hybridized carbons (Fsp3) is 0.357. The summed E-state index contributed by atoms with van der Waals surface area (Å²) < 4.78 is 1.15. The Bertz CT molecular complexity index is 538. The first-order valence-corrected chi connectivity index (χ1v) is 6.23. The first-order valence-electron chi connectivity index (χ1n) is 6.23. The lowest BCUT2D eigenvalue weighted by Crippen LogP contribution is -2.37. The Morgan fingerprint density at radius 3 is 2.40 bits per heavy atom. The fourth-order valence-corrected chi connectivity index (χ4v) is 1.61. The number of nitrogens with zero attached hydrogens (tertiary/aromatic N) is 4. The van der Waals surface area contributed by atoms with E-state index >= 15 is 0 Å². The summed E-state index contributed by atoms with van der Waals surface area (Å²) in [5.41, 5.74) is 0.398. The highest BCUT2D eigenvalue weighted by atomic mass is 16.2. The van der Waals surface area contributed by atoms with Gasteiger partial charge in [-0.2, -0.15) is 5.10 Å². The summed E-state index contributed by atoms with van der Waals surface area (Å²) in [7, 11) is 3.64. The number of aromatic nitrogens is 2. The highest BCUT2D eigenvalue weighted by molar-refractivity contribution is 5.76. The van der Waals surface area contributed by atoms with Crippen LogP contribution < -0.4 is 10.5 Å². The lowest BCUT2D eigenvalue weighted by atomic mass is 10.4. The second-order valence-electron chi connectivity index (χ2n) is 4.48. The van der Waals surface area contributed by atoms with E-state index < -0.39 is 0 Å². The summed E-state index contributed by atoms with van der Waals surface area (Å²) in [5.74, 6) is -0.197. The molecule has 1 rings (SSSR count). The third-order valence-corrected chi connectivity index (χ3v) is 2.71. The molecule has 0 aliphatic rings. The van der Waals surface area contributed by atoms with Gasteiger partial charge in [-0.15, -0.1) is 13.2 Å². The van der Waals surface area contributed by atoms with Gasteiger partial charge in [0, 0.05) is 33.3 Å². The Kier molecular flexibility index (Phi) is 5.71. The molecule has 1 aromatic heterocycles. The Morgan fingerprint density at radius 2 is 1.95 bits per heavy atom. The van der Waals surface area contributed by atoms with Crippen LogP contribution in [-0.4, -0.2) is 47.8 Å². The van der Waals surface area contributed by atoms with E-state index in [4.69, 9.17) is 0 Å². The molecule has 0 aliphatic carbocycles. The monoisotopic (exact) mass is 276 g/mol. The maximum atomic E-state index is 12.1. The van der Waals surface area contributed by atoms with Gasteiger partial charge in [0.25, 0.3) is 5.56 Å². The SMILES string of the molecule is C=CCN(CC=C)C(=O)Cn1ncc(N(C)C)cc1=O. The summed E-state index contributed by atoms with van der Waals surface area (Å²) >= 11 is 0. The van der Waals surface area contributed by atoms with Gasteiger partial charge in [0.15, 0.2) is 0 Å². The molecule has 0 saturated heterocycles. The molecule has 0 bridgehead atoms. The van der Waals surface area contributed by atoms with E-state index in [1.165, 1.54) is 6.07 Å². The number of amides is 1. The number of anilines is 1. The van der Waals surface area contributed by atoms with Crippen molar-refractivity contribution < 1.29 is 4.79 Å². The topological polar surface area (TPSA) is 58.4 Å². The van der Waals surface area contributed by atoms with Crippen molar-refractivity contribution in [2.75, 3.05) is 32.1 Å². The second kappa shape index (κ2) is 7.28. The first kappa shape index (κ1) is 15.7. The van der Waals surface area contributed by atoms with Gasteiger partial charge in [-0.1, -0.05) is 12.2 Å². The number of hydrogen-bond donors (Lipinski definition) is 0. The van der Waals surface area contributed by atoms with Gasteiger partial charge in [0.1, 0.15) is 6.54 Å². The smallest absolute Gasteiger partial charge is 0.269 e. The van der Waals surface area contributed by atoms with E-state index in [0.29, 0.717) is 18.8 Å². The maximum absolute atomic E-state index is 12.1. The Morgan fingerprint density at radius 1 is 1.35 bits per heavy atom. The molecule has 1 heterocycles. The molecule has 6 heteroatoms. The van der Waals surface area contributed by atoms with E-state index in [0.717, 1.165) is 4.68 Å². The third kappa shape index (κ3) is 4.08. The molecule has 0 spiro atoms. The summed E-state index contributed by atoms with van der Waals surface area (Å²) in [6, 6.07) is 1.45. The second-order valence-corrected chi connectivity index (χ2v) is 4.48. The Labute approximate surface area is 118 Å². The van der Waals surface area contributed by atoms with Gasteiger partial charge in [0.2, 0.25) is 5.91 Å². The summed E-state index contributed by atoms with van der Waals surface area (Å²) in [4.78, 5) is 27.3. The van der Waals surface area contributed by atoms with Crippen LogP contribution in [0.3, 0.4) is 0 Å². The van der Waals surface area contributed by atoms with Crippen LogP contribution in [0.25, 0.3) is 0 Å². The largest absolute Gasteiger partial charge is 0.376 e. The molecule has 6 nitrogen and oxygen atoms in total. The lowest BCUT2D eigenvalue weighted by molar-refractivity contribution is -0.131. The maximum Gasteiger partial charge on any atom is 0.269 e. The zero-order chi connectivity index (χ0) is 15.1. The van der Waals surface area contributed by atoms with Crippen LogP contribution in [0, 0.1) is 0 Å². The molecule has 1 amide bonds. The summed E-state index contributed by atoms with van der Waals surface area (Å²) in [6.45, 7) is 7.94. The summed E-state index contributed by atoms with van der Waals surface area (Å²) in [6.07, 6.45) is 4.82. The van der Waals surface area contributed by atoms with E-state index in [1.54, 1.807) is 28.1 Å². The zero-order valence-electron chi connectivity index (χ0n) is 12.0. The van der Waals surface area contributed by atoms with Crippen LogP contribution in [0.4, 0.5) is 5.69 Å². The van der Waals surface area contributed by atoms with Crippen molar-refractivity contribution in [1.29, 1.82) is 0 Å². The van der Waals surface area contributed by atoms with Crippen molar-refractivity contribution in [3.63, 3.8) is 0 Å². The van der Waals surface area contributed by atoms with Crippen LogP contribution in [0.15, 0.2) is 42.4 Å². The molecule has 0 atom stereocenters. The molecule has 20 heavy (non-hydrogen) atoms. The quantitative estimate of drug-likeness (QED) is 0.681. The van der Waals surface area contributed by atoms with Gasteiger partial charge in [-0.3, -0.25) is 9.59 Å². The van der Waals surface area contributed by atoms with E-state index in [2.05, 4.69) is 18.3 Å². The number of hydrogen-bond acceptors (Lipinski definition) is 4. The molecule has 0 unspecified atom stereocenters. The first-order chi connectivity index (χ1) is 9.49. The minimum Gasteiger partial charge on any atom is -0.376 e. The van der Waals surface area contributed by atoms with Crippen molar-refractivity contribution in [2.24, 2.45) is 0 Å². The number of carbonyl (C=O) groups is 1. The van der Waals surface area contributed by atoms with Crippen molar-refractivity contribution in [1.82, 2.24) is 14.7 Å². The highest BCUT2D eigenvalue weighted by Gasteiger charge is 2.13. The van der Waals surface area contributed by atoms with E-state index in [1.807, 2.05) is 14.1 Å². The van der Waals surface area contributed by atoms with Crippen molar-refractivity contribution in [2.45, 2.75) is 6.54 Å². The van der Waals surface area contributed by atoms with E-state index in [-0.39, 0.29) is 18.0 Å². The lowest BCUT2D eigenvalue weighted by Gasteiger charge is -2.19. The minimum absolute atomic E-state index is 0.0891. The van der Waals surface area contributed by atoms with Gasteiger partial charge in [-0.25, -0.2) is 4.68 Å². The molecule has 0 aromatic carbocycles. The summed E-state index contributed by atoms with van der Waals surface area (Å²) in [5, 5.41) is 4.01. The molecule has 108 valence electrons. The van der Waals surface area contributed by atoms with Crippen LogP contribution in [0.5, 0.6) is 0 Å². The highest BCUT2D eigenvalue weighted by Crippen LogP contribution is 2.03. The van der Waals surface area contributed by atoms with Crippen LogP contribution in [-0.2, 0) is 11.3 Å². The van der Waals surface area contributed by atoms with E-state index in [9.17, 15) is 9.59 Å². The molecule has 1 aromatic rings. The molecule has 0 fully saturated rings. The molecular formula is C14H20N4O2. The van der Waals surface area contributed by atoms with Gasteiger partial charge < -0.3 is 9.80 Å². The Balaban J connectivity index is 2.86. The average Bonchev–Trinajstić information content (AvgIpc) is 2.40. The van der Waals surface area contributed by atoms with Crippen molar-refractivity contribution >= 4 is 11.6 Å². The zero-order valence-corrected chi connectivity index (χ0v) is 12.0. The van der Waals surface area contributed by atoms with Crippen LogP contribution in [0.1, 0.15) is 0 Å². The molecule has 0 radical (unpaired) electrons. The van der Waals surface area contributed by atoms with Gasteiger partial charge >= 0.3 is 0 Å². The molecule has 0 saturated carbocycles. The minimum atomic E-state index is -0.304. The normalized spacial score (nSPS) is 9.90. The predicted octanol–water partition coefficient (Wildman–Crippen LogP) is 0.510. The predicted molar refractivity (Wildman–Crippen MR) is 79.8 cm³/mol. The standard InChI is InChI=1S/C14H20N4O2/c1-5-7-17(8-6-2)14(20)11-18-13(19)9-12(10-15-18)16(3)4/h5-6,9-10H,1-2,7-8,11H2,3-4H3. The molecule has 0 N–H and O–H groups in total. The van der Waals surface area contributed by atoms with Gasteiger partial charge in [-0.05, 0) is 0 Å².